The summed E-state index contributed by atoms with van der Waals surface area (Å²) in [6.07, 6.45) is 2.07. The molecular formula is C18H14ClFN4O2. The minimum atomic E-state index is -0.604. The minimum absolute atomic E-state index is 0.0112. The Hall–Kier alpha value is -2.85. The number of H-pyrrole nitrogens is 1. The maximum Gasteiger partial charge on any atom is 0.322 e. The Morgan fingerprint density at radius 2 is 2.19 bits per heavy atom. The van der Waals surface area contributed by atoms with E-state index < -0.39 is 11.4 Å². The van der Waals surface area contributed by atoms with Gasteiger partial charge in [0.2, 0.25) is 0 Å². The number of carbonyl (C=O) groups is 1. The van der Waals surface area contributed by atoms with Crippen molar-refractivity contribution in [3.8, 4) is 6.07 Å². The van der Waals surface area contributed by atoms with Crippen LogP contribution in [0.2, 0.25) is 5.02 Å². The lowest BCUT2D eigenvalue weighted by atomic mass is 9.97. The molecule has 0 radical (unpaired) electrons. The number of urea groups is 1. The van der Waals surface area contributed by atoms with Crippen LogP contribution in [0.1, 0.15) is 35.7 Å². The Morgan fingerprint density at radius 3 is 2.92 bits per heavy atom. The van der Waals surface area contributed by atoms with Crippen molar-refractivity contribution < 1.29 is 9.18 Å². The number of nitriles is 1. The molecular weight excluding hydrogens is 359 g/mol. The highest BCUT2D eigenvalue weighted by molar-refractivity contribution is 6.30. The maximum absolute atomic E-state index is 13.6. The van der Waals surface area contributed by atoms with Crippen molar-refractivity contribution in [2.75, 3.05) is 5.32 Å². The fourth-order valence-corrected chi connectivity index (χ4v) is 3.95. The first kappa shape index (κ1) is 16.6. The number of anilines is 1. The molecule has 3 heterocycles. The van der Waals surface area contributed by atoms with Gasteiger partial charge in [0.25, 0.3) is 5.56 Å². The fraction of sp³-hybridized carbons (Fsp3) is 0.278. The van der Waals surface area contributed by atoms with E-state index in [1.54, 1.807) is 11.0 Å². The van der Waals surface area contributed by atoms with Crippen molar-refractivity contribution in [1.29, 1.82) is 5.26 Å². The van der Waals surface area contributed by atoms with Crippen LogP contribution in [0.4, 0.5) is 14.9 Å². The number of benzene rings is 1. The van der Waals surface area contributed by atoms with E-state index in [0.29, 0.717) is 12.1 Å². The van der Waals surface area contributed by atoms with E-state index in [1.807, 2.05) is 6.07 Å². The van der Waals surface area contributed by atoms with Gasteiger partial charge in [-0.05, 0) is 42.7 Å². The smallest absolute Gasteiger partial charge is 0.322 e. The van der Waals surface area contributed by atoms with Gasteiger partial charge in [0.05, 0.1) is 11.1 Å². The summed E-state index contributed by atoms with van der Waals surface area (Å²) < 4.78 is 13.6. The van der Waals surface area contributed by atoms with E-state index in [1.165, 1.54) is 18.2 Å². The first-order valence-corrected chi connectivity index (χ1v) is 8.56. The van der Waals surface area contributed by atoms with Gasteiger partial charge in [0.15, 0.2) is 0 Å². The zero-order chi connectivity index (χ0) is 18.4. The number of fused-ring (bicyclic) bond motifs is 4. The molecule has 2 atom stereocenters. The van der Waals surface area contributed by atoms with Crippen molar-refractivity contribution in [1.82, 2.24) is 9.88 Å². The second-order valence-corrected chi connectivity index (χ2v) is 6.88. The molecule has 4 rings (SSSR count). The number of halogens is 2. The van der Waals surface area contributed by atoms with E-state index in [9.17, 15) is 14.0 Å². The monoisotopic (exact) mass is 372 g/mol. The van der Waals surface area contributed by atoms with Crippen molar-refractivity contribution in [2.45, 2.75) is 31.3 Å². The minimum Gasteiger partial charge on any atom is -0.325 e. The molecule has 1 aromatic carbocycles. The van der Waals surface area contributed by atoms with Crippen LogP contribution >= 0.6 is 11.6 Å². The predicted molar refractivity (Wildman–Crippen MR) is 93.5 cm³/mol. The quantitative estimate of drug-likeness (QED) is 0.804. The molecule has 1 aromatic heterocycles. The van der Waals surface area contributed by atoms with Crippen LogP contribution in [0.15, 0.2) is 29.1 Å². The number of carbonyl (C=O) groups excluding carboxylic acids is 1. The highest BCUT2D eigenvalue weighted by atomic mass is 35.5. The number of rotatable bonds is 1. The van der Waals surface area contributed by atoms with Gasteiger partial charge in [-0.3, -0.25) is 4.79 Å². The Bertz CT molecular complexity index is 1010. The Morgan fingerprint density at radius 1 is 1.38 bits per heavy atom. The summed E-state index contributed by atoms with van der Waals surface area (Å²) in [4.78, 5) is 29.1. The van der Waals surface area contributed by atoms with Crippen LogP contribution < -0.4 is 10.9 Å². The third kappa shape index (κ3) is 2.63. The fourth-order valence-electron chi connectivity index (χ4n) is 3.83. The molecule has 1 saturated heterocycles. The number of aromatic amines is 1. The first-order valence-electron chi connectivity index (χ1n) is 8.18. The van der Waals surface area contributed by atoms with Crippen molar-refractivity contribution in [3.63, 3.8) is 0 Å². The first-order chi connectivity index (χ1) is 12.5. The molecule has 2 amide bonds. The summed E-state index contributed by atoms with van der Waals surface area (Å²) in [5.41, 5.74) is 1.53. The number of hydrogen-bond acceptors (Lipinski definition) is 3. The summed E-state index contributed by atoms with van der Waals surface area (Å²) in [7, 11) is 0. The second kappa shape index (κ2) is 6.15. The lowest BCUT2D eigenvalue weighted by Crippen LogP contribution is -2.45. The molecule has 2 aliphatic heterocycles. The van der Waals surface area contributed by atoms with Crippen LogP contribution in [0.3, 0.4) is 0 Å². The van der Waals surface area contributed by atoms with E-state index in [0.717, 1.165) is 24.1 Å². The molecule has 8 heteroatoms. The van der Waals surface area contributed by atoms with Gasteiger partial charge in [-0.1, -0.05) is 11.6 Å². The Balaban J connectivity index is 1.64. The van der Waals surface area contributed by atoms with Crippen LogP contribution in [0.5, 0.6) is 0 Å². The standard InChI is InChI=1S/C18H14ClFN4O2/c19-13-3-1-10(6-14(13)20)22-18(26)24-11-2-4-16(24)12-5-9(8-21)17(25)23-15(12)7-11/h1,3,5-6,11,16H,2,4,7H2,(H,22,26)(H,23,25). The van der Waals surface area contributed by atoms with Crippen molar-refractivity contribution >= 4 is 23.3 Å². The number of amides is 2. The summed E-state index contributed by atoms with van der Waals surface area (Å²) >= 11 is 5.67. The zero-order valence-electron chi connectivity index (χ0n) is 13.6. The third-order valence-corrected chi connectivity index (χ3v) is 5.29. The number of pyridine rings is 1. The van der Waals surface area contributed by atoms with E-state index in [4.69, 9.17) is 16.9 Å². The molecule has 2 aliphatic rings. The average molecular weight is 373 g/mol. The van der Waals surface area contributed by atoms with Crippen LogP contribution in [0.25, 0.3) is 0 Å². The Labute approximate surface area is 153 Å². The maximum atomic E-state index is 13.6. The van der Waals surface area contributed by atoms with E-state index >= 15 is 0 Å². The van der Waals surface area contributed by atoms with Gasteiger partial charge >= 0.3 is 6.03 Å². The molecule has 6 nitrogen and oxygen atoms in total. The van der Waals surface area contributed by atoms with Gasteiger partial charge in [0, 0.05) is 23.8 Å². The lowest BCUT2D eigenvalue weighted by molar-refractivity contribution is 0.178. The number of nitrogens with one attached hydrogen (secondary N) is 2. The normalized spacial score (nSPS) is 20.4. The summed E-state index contributed by atoms with van der Waals surface area (Å²) in [5.74, 6) is -0.604. The van der Waals surface area contributed by atoms with E-state index in [2.05, 4.69) is 10.3 Å². The Kier molecular flexibility index (Phi) is 3.93. The summed E-state index contributed by atoms with van der Waals surface area (Å²) in [6.45, 7) is 0. The third-order valence-electron chi connectivity index (χ3n) is 4.98. The molecule has 0 aliphatic carbocycles. The molecule has 2 bridgehead atoms. The number of hydrogen-bond donors (Lipinski definition) is 2. The second-order valence-electron chi connectivity index (χ2n) is 6.48. The molecule has 26 heavy (non-hydrogen) atoms. The number of nitrogens with zero attached hydrogens (tertiary/aromatic N) is 2. The highest BCUT2D eigenvalue weighted by Gasteiger charge is 2.43. The molecule has 2 aromatic rings. The molecule has 0 spiro atoms. The highest BCUT2D eigenvalue weighted by Crippen LogP contribution is 2.43. The molecule has 132 valence electrons. The van der Waals surface area contributed by atoms with Crippen LogP contribution in [-0.2, 0) is 6.42 Å². The molecule has 0 saturated carbocycles. The zero-order valence-corrected chi connectivity index (χ0v) is 14.3. The van der Waals surface area contributed by atoms with Crippen molar-refractivity contribution in [3.05, 3.63) is 62.3 Å². The summed E-state index contributed by atoms with van der Waals surface area (Å²) in [5, 5.41) is 11.8. The van der Waals surface area contributed by atoms with Gasteiger partial charge < -0.3 is 15.2 Å². The lowest BCUT2D eigenvalue weighted by Gasteiger charge is -2.36. The topological polar surface area (TPSA) is 89.0 Å². The van der Waals surface area contributed by atoms with Crippen LogP contribution in [-0.4, -0.2) is 22.0 Å². The van der Waals surface area contributed by atoms with Gasteiger partial charge in [-0.25, -0.2) is 9.18 Å². The largest absolute Gasteiger partial charge is 0.325 e. The molecule has 1 fully saturated rings. The molecule has 2 unspecified atom stereocenters. The van der Waals surface area contributed by atoms with E-state index in [-0.39, 0.29) is 28.7 Å². The number of aromatic nitrogens is 1. The predicted octanol–water partition coefficient (Wildman–Crippen LogP) is 3.33. The van der Waals surface area contributed by atoms with Gasteiger partial charge in [-0.15, -0.1) is 0 Å². The van der Waals surface area contributed by atoms with Crippen molar-refractivity contribution in [2.24, 2.45) is 0 Å². The summed E-state index contributed by atoms with van der Waals surface area (Å²) in [6, 6.07) is 6.94. The molecule has 2 N–H and O–H groups in total. The average Bonchev–Trinajstić information content (AvgIpc) is 2.94. The SMILES string of the molecule is N#Cc1cc2c([nH]c1=O)CC1CCC2N1C(=O)Nc1ccc(Cl)c(F)c1. The van der Waals surface area contributed by atoms with Gasteiger partial charge in [-0.2, -0.15) is 5.26 Å². The van der Waals surface area contributed by atoms with Crippen LogP contribution in [0, 0.1) is 17.1 Å². The van der Waals surface area contributed by atoms with Gasteiger partial charge in [0.1, 0.15) is 17.4 Å².